The van der Waals surface area contributed by atoms with Gasteiger partial charge in [0.1, 0.15) is 5.82 Å². The van der Waals surface area contributed by atoms with E-state index in [-0.39, 0.29) is 0 Å². The minimum atomic E-state index is 0.898. The largest absolute Gasteiger partial charge is 0.370 e. The van der Waals surface area contributed by atoms with Crippen molar-refractivity contribution in [2.75, 3.05) is 11.9 Å². The maximum atomic E-state index is 4.60. The molecule has 19 heavy (non-hydrogen) atoms. The summed E-state index contributed by atoms with van der Waals surface area (Å²) in [5.74, 6) is 0.939. The Hall–Kier alpha value is -2.35. The Labute approximate surface area is 113 Å². The van der Waals surface area contributed by atoms with Gasteiger partial charge in [0.05, 0.1) is 5.52 Å². The second-order valence-corrected chi connectivity index (χ2v) is 4.55. The number of fused-ring (bicyclic) bond motifs is 1. The zero-order valence-corrected chi connectivity index (χ0v) is 10.7. The van der Waals surface area contributed by atoms with E-state index >= 15 is 0 Å². The fraction of sp³-hybridized carbons (Fsp3) is 0.118. The van der Waals surface area contributed by atoms with E-state index in [2.05, 4.69) is 46.7 Å². The van der Waals surface area contributed by atoms with Crippen molar-refractivity contribution in [1.82, 2.24) is 4.98 Å². The third-order valence-electron chi connectivity index (χ3n) is 3.16. The van der Waals surface area contributed by atoms with Crippen LogP contribution in [0.1, 0.15) is 5.56 Å². The van der Waals surface area contributed by atoms with Crippen LogP contribution in [0, 0.1) is 0 Å². The van der Waals surface area contributed by atoms with Crippen LogP contribution in [0.2, 0.25) is 0 Å². The maximum Gasteiger partial charge on any atom is 0.126 e. The van der Waals surface area contributed by atoms with Gasteiger partial charge in [-0.15, -0.1) is 0 Å². The molecule has 1 heterocycles. The third kappa shape index (κ3) is 2.91. The first-order valence-corrected chi connectivity index (χ1v) is 6.55. The minimum Gasteiger partial charge on any atom is -0.370 e. The van der Waals surface area contributed by atoms with Crippen LogP contribution in [-0.2, 0) is 6.42 Å². The summed E-state index contributed by atoms with van der Waals surface area (Å²) in [5.41, 5.74) is 2.38. The molecule has 94 valence electrons. The fourth-order valence-corrected chi connectivity index (χ4v) is 2.14. The van der Waals surface area contributed by atoms with E-state index in [1.54, 1.807) is 0 Å². The van der Waals surface area contributed by atoms with Crippen LogP contribution < -0.4 is 5.32 Å². The highest BCUT2D eigenvalue weighted by Gasteiger charge is 1.97. The van der Waals surface area contributed by atoms with Crippen molar-refractivity contribution >= 4 is 16.7 Å². The Morgan fingerprint density at radius 3 is 2.47 bits per heavy atom. The maximum absolute atomic E-state index is 4.60. The summed E-state index contributed by atoms with van der Waals surface area (Å²) in [7, 11) is 0. The van der Waals surface area contributed by atoms with Crippen LogP contribution >= 0.6 is 0 Å². The number of nitrogens with zero attached hydrogens (tertiary/aromatic N) is 1. The predicted molar refractivity (Wildman–Crippen MR) is 80.4 cm³/mol. The Kier molecular flexibility index (Phi) is 3.41. The molecule has 0 aliphatic rings. The van der Waals surface area contributed by atoms with Crippen LogP contribution in [0.3, 0.4) is 0 Å². The van der Waals surface area contributed by atoms with E-state index in [0.717, 1.165) is 24.3 Å². The normalized spacial score (nSPS) is 10.5. The summed E-state index contributed by atoms with van der Waals surface area (Å²) in [6.45, 7) is 0.898. The molecule has 0 saturated heterocycles. The number of hydrogen-bond donors (Lipinski definition) is 1. The van der Waals surface area contributed by atoms with Gasteiger partial charge in [0.2, 0.25) is 0 Å². The molecule has 3 aromatic rings. The predicted octanol–water partition coefficient (Wildman–Crippen LogP) is 3.89. The zero-order valence-electron chi connectivity index (χ0n) is 10.7. The summed E-state index contributed by atoms with van der Waals surface area (Å²) >= 11 is 0. The summed E-state index contributed by atoms with van der Waals surface area (Å²) in [4.78, 5) is 4.60. The lowest BCUT2D eigenvalue weighted by Crippen LogP contribution is -2.06. The molecule has 0 radical (unpaired) electrons. The number of nitrogens with one attached hydrogen (secondary N) is 1. The van der Waals surface area contributed by atoms with Crippen molar-refractivity contribution in [1.29, 1.82) is 0 Å². The van der Waals surface area contributed by atoms with E-state index in [1.165, 1.54) is 10.9 Å². The molecule has 1 N–H and O–H groups in total. The van der Waals surface area contributed by atoms with Crippen LogP contribution in [0.25, 0.3) is 10.9 Å². The number of hydrogen-bond acceptors (Lipinski definition) is 2. The summed E-state index contributed by atoms with van der Waals surface area (Å²) in [5, 5.41) is 4.55. The standard InChI is InChI=1S/C17H16N2/c1-2-6-14(7-3-1)12-13-18-17-11-10-15-8-4-5-9-16(15)19-17/h1-11H,12-13H2,(H,18,19). The summed E-state index contributed by atoms with van der Waals surface area (Å²) < 4.78 is 0. The average molecular weight is 248 g/mol. The lowest BCUT2D eigenvalue weighted by Gasteiger charge is -2.06. The lowest BCUT2D eigenvalue weighted by atomic mass is 10.1. The smallest absolute Gasteiger partial charge is 0.126 e. The Balaban J connectivity index is 1.65. The van der Waals surface area contributed by atoms with Gasteiger partial charge in [0, 0.05) is 11.9 Å². The number of anilines is 1. The van der Waals surface area contributed by atoms with Crippen molar-refractivity contribution in [2.24, 2.45) is 0 Å². The molecule has 2 aromatic carbocycles. The van der Waals surface area contributed by atoms with E-state index in [0.29, 0.717) is 0 Å². The fourth-order valence-electron chi connectivity index (χ4n) is 2.14. The van der Waals surface area contributed by atoms with E-state index in [1.807, 2.05) is 30.3 Å². The first-order chi connectivity index (χ1) is 9.42. The van der Waals surface area contributed by atoms with Crippen LogP contribution in [0.4, 0.5) is 5.82 Å². The first-order valence-electron chi connectivity index (χ1n) is 6.55. The van der Waals surface area contributed by atoms with Gasteiger partial charge in [0.15, 0.2) is 0 Å². The Bertz CT molecular complexity index is 662. The number of pyridine rings is 1. The van der Waals surface area contributed by atoms with E-state index in [4.69, 9.17) is 0 Å². The van der Waals surface area contributed by atoms with Crippen LogP contribution in [0.15, 0.2) is 66.7 Å². The molecule has 1 aromatic heterocycles. The first kappa shape index (κ1) is 11.7. The quantitative estimate of drug-likeness (QED) is 0.757. The number of rotatable bonds is 4. The number of aromatic nitrogens is 1. The second kappa shape index (κ2) is 5.53. The Morgan fingerprint density at radius 2 is 1.58 bits per heavy atom. The molecule has 0 unspecified atom stereocenters. The van der Waals surface area contributed by atoms with Gasteiger partial charge < -0.3 is 5.32 Å². The van der Waals surface area contributed by atoms with Crippen molar-refractivity contribution < 1.29 is 0 Å². The van der Waals surface area contributed by atoms with E-state index < -0.39 is 0 Å². The highest BCUT2D eigenvalue weighted by Crippen LogP contribution is 2.14. The van der Waals surface area contributed by atoms with Gasteiger partial charge in [-0.05, 0) is 30.2 Å². The van der Waals surface area contributed by atoms with Gasteiger partial charge in [0.25, 0.3) is 0 Å². The molecule has 0 aliphatic carbocycles. The van der Waals surface area contributed by atoms with Gasteiger partial charge in [-0.1, -0.05) is 48.5 Å². The molecule has 3 rings (SSSR count). The van der Waals surface area contributed by atoms with Crippen molar-refractivity contribution in [3.8, 4) is 0 Å². The van der Waals surface area contributed by atoms with Crippen molar-refractivity contribution in [3.05, 3.63) is 72.3 Å². The van der Waals surface area contributed by atoms with Gasteiger partial charge in [-0.2, -0.15) is 0 Å². The van der Waals surface area contributed by atoms with Crippen LogP contribution in [-0.4, -0.2) is 11.5 Å². The van der Waals surface area contributed by atoms with Gasteiger partial charge >= 0.3 is 0 Å². The van der Waals surface area contributed by atoms with E-state index in [9.17, 15) is 0 Å². The summed E-state index contributed by atoms with van der Waals surface area (Å²) in [6, 6.07) is 22.8. The lowest BCUT2D eigenvalue weighted by molar-refractivity contribution is 1.01. The third-order valence-corrected chi connectivity index (χ3v) is 3.16. The van der Waals surface area contributed by atoms with Gasteiger partial charge in [-0.25, -0.2) is 4.98 Å². The molecule has 0 aliphatic heterocycles. The van der Waals surface area contributed by atoms with Crippen LogP contribution in [0.5, 0.6) is 0 Å². The second-order valence-electron chi connectivity index (χ2n) is 4.55. The molecule has 0 fully saturated rings. The molecular formula is C17H16N2. The topological polar surface area (TPSA) is 24.9 Å². The SMILES string of the molecule is c1ccc(CCNc2ccc3ccccc3n2)cc1. The molecule has 0 spiro atoms. The highest BCUT2D eigenvalue weighted by molar-refractivity contribution is 5.80. The highest BCUT2D eigenvalue weighted by atomic mass is 15.0. The molecule has 2 nitrogen and oxygen atoms in total. The zero-order chi connectivity index (χ0) is 12.9. The Morgan fingerprint density at radius 1 is 0.789 bits per heavy atom. The van der Waals surface area contributed by atoms with Gasteiger partial charge in [-0.3, -0.25) is 0 Å². The molecule has 2 heteroatoms. The molecular weight excluding hydrogens is 232 g/mol. The minimum absolute atomic E-state index is 0.898. The van der Waals surface area contributed by atoms with Crippen molar-refractivity contribution in [2.45, 2.75) is 6.42 Å². The average Bonchev–Trinajstić information content (AvgIpc) is 2.48. The number of para-hydroxylation sites is 1. The molecule has 0 bridgehead atoms. The van der Waals surface area contributed by atoms with Crippen molar-refractivity contribution in [3.63, 3.8) is 0 Å². The summed E-state index contributed by atoms with van der Waals surface area (Å²) in [6.07, 6.45) is 1.01. The monoisotopic (exact) mass is 248 g/mol. The molecule has 0 atom stereocenters. The molecule has 0 amide bonds. The molecule has 0 saturated carbocycles. The number of benzene rings is 2.